The maximum Gasteiger partial charge on any atom is 0.338 e. The molecule has 1 rings (SSSR count). The summed E-state index contributed by atoms with van der Waals surface area (Å²) in [7, 11) is -0.288. The smallest absolute Gasteiger partial charge is 0.338 e. The second-order valence-electron chi connectivity index (χ2n) is 4.80. The van der Waals surface area contributed by atoms with Crippen molar-refractivity contribution in [3.05, 3.63) is 35.9 Å². The molecule has 0 aliphatic heterocycles. The zero-order chi connectivity index (χ0) is 12.2. The van der Waals surface area contributed by atoms with Crippen molar-refractivity contribution in [2.45, 2.75) is 25.9 Å². The number of carbonyl (C=O) groups excluding carboxylic acids is 1. The van der Waals surface area contributed by atoms with Gasteiger partial charge in [0.2, 0.25) is 0 Å². The van der Waals surface area contributed by atoms with Crippen LogP contribution in [0, 0.1) is 0 Å². The predicted octanol–water partition coefficient (Wildman–Crippen LogP) is 3.33. The zero-order valence-corrected chi connectivity index (χ0v) is 11.8. The predicted molar refractivity (Wildman–Crippen MR) is 75.1 cm³/mol. The summed E-state index contributed by atoms with van der Waals surface area (Å²) in [6.45, 7) is 8.69. The van der Waals surface area contributed by atoms with Gasteiger partial charge in [0.1, 0.15) is 6.35 Å². The van der Waals surface area contributed by atoms with Gasteiger partial charge in [0.05, 0.1) is 5.56 Å². The highest BCUT2D eigenvalue weighted by Crippen LogP contribution is 2.45. The van der Waals surface area contributed by atoms with Gasteiger partial charge in [-0.3, -0.25) is 0 Å². The maximum atomic E-state index is 11.7. The first-order valence-electron chi connectivity index (χ1n) is 5.34. The third-order valence-corrected chi connectivity index (χ3v) is 5.35. The molecule has 0 aromatic heterocycles. The fourth-order valence-electron chi connectivity index (χ4n) is 1.01. The molecule has 0 bridgehead atoms. The third-order valence-electron chi connectivity index (χ3n) is 2.54. The summed E-state index contributed by atoms with van der Waals surface area (Å²) in [5.74, 6) is -0.223. The molecule has 91 valence electrons. The van der Waals surface area contributed by atoms with Crippen LogP contribution in [0.15, 0.2) is 30.3 Å². The van der Waals surface area contributed by atoms with E-state index in [9.17, 15) is 4.79 Å². The van der Waals surface area contributed by atoms with Crippen LogP contribution in [0.5, 0.6) is 0 Å². The van der Waals surface area contributed by atoms with Crippen molar-refractivity contribution < 1.29 is 9.53 Å². The van der Waals surface area contributed by atoms with Gasteiger partial charge in [-0.25, -0.2) is 4.79 Å². The van der Waals surface area contributed by atoms with Gasteiger partial charge >= 0.3 is 5.97 Å². The number of benzene rings is 1. The Kier molecular flexibility index (Phi) is 6.48. The van der Waals surface area contributed by atoms with E-state index in [1.165, 1.54) is 0 Å². The van der Waals surface area contributed by atoms with E-state index < -0.39 is 0 Å². The lowest BCUT2D eigenvalue weighted by Gasteiger charge is -2.27. The van der Waals surface area contributed by atoms with E-state index in [2.05, 4.69) is 27.4 Å². The van der Waals surface area contributed by atoms with Gasteiger partial charge in [0, 0.05) is 8.41 Å². The number of esters is 1. The van der Waals surface area contributed by atoms with E-state index in [1.807, 2.05) is 18.2 Å². The van der Waals surface area contributed by atoms with Gasteiger partial charge in [0.15, 0.2) is 0 Å². The molecule has 4 heteroatoms. The normalized spacial score (nSPS) is 12.5. The van der Waals surface area contributed by atoms with Gasteiger partial charge < -0.3 is 4.74 Å². The van der Waals surface area contributed by atoms with Gasteiger partial charge in [-0.2, -0.15) is 0 Å². The Balaban J connectivity index is 0.00000256. The average molecular weight is 249 g/mol. The molecule has 0 N–H and O–H groups in total. The topological polar surface area (TPSA) is 26.3 Å². The number of rotatable bonds is 3. The molecular formula is C13H19BO2P. The van der Waals surface area contributed by atoms with Crippen LogP contribution < -0.4 is 0 Å². The molecule has 2 nitrogen and oxygen atoms in total. The summed E-state index contributed by atoms with van der Waals surface area (Å²) >= 11 is 0. The van der Waals surface area contributed by atoms with Crippen LogP contribution in [0.1, 0.15) is 31.1 Å². The van der Waals surface area contributed by atoms with Crippen LogP contribution in [0.2, 0.25) is 0 Å². The van der Waals surface area contributed by atoms with E-state index in [-0.39, 0.29) is 27.5 Å². The minimum absolute atomic E-state index is 0. The van der Waals surface area contributed by atoms with Crippen LogP contribution in [-0.2, 0) is 4.74 Å². The lowest BCUT2D eigenvalue weighted by molar-refractivity contribution is 0.0574. The highest BCUT2D eigenvalue weighted by Gasteiger charge is 2.21. The van der Waals surface area contributed by atoms with Gasteiger partial charge in [0.25, 0.3) is 0 Å². The van der Waals surface area contributed by atoms with Crippen molar-refractivity contribution in [3.63, 3.8) is 0 Å². The van der Waals surface area contributed by atoms with E-state index in [1.54, 1.807) is 12.1 Å². The van der Waals surface area contributed by atoms with E-state index in [0.717, 1.165) is 0 Å². The Morgan fingerprint density at radius 2 is 1.76 bits per heavy atom. The third kappa shape index (κ3) is 5.36. The monoisotopic (exact) mass is 249 g/mol. The number of carbonyl (C=O) groups is 1. The minimum atomic E-state index is -0.288. The van der Waals surface area contributed by atoms with Crippen LogP contribution in [0.3, 0.4) is 0 Å². The van der Waals surface area contributed by atoms with Crippen molar-refractivity contribution in [2.24, 2.45) is 0 Å². The summed E-state index contributed by atoms with van der Waals surface area (Å²) in [6.07, 6.45) is 0.534. The molecule has 0 saturated heterocycles. The van der Waals surface area contributed by atoms with Crippen molar-refractivity contribution in [2.75, 3.05) is 13.0 Å². The molecule has 0 aliphatic rings. The summed E-state index contributed by atoms with van der Waals surface area (Å²) in [4.78, 5) is 11.7. The second kappa shape index (κ2) is 6.81. The summed E-state index contributed by atoms with van der Waals surface area (Å²) in [5, 5.41) is 0.228. The molecule has 0 saturated carbocycles. The zero-order valence-electron chi connectivity index (χ0n) is 10.9. The standard InChI is InChI=1S/C13H19O2P.B/c1-13(2,3)16(4)10-15-12(14)11-8-6-5-7-9-11;/h5-9H,10H2,1-4H3;. The summed E-state index contributed by atoms with van der Waals surface area (Å²) in [6, 6.07) is 9.12. The molecule has 0 heterocycles. The van der Waals surface area contributed by atoms with E-state index in [0.29, 0.717) is 11.9 Å². The van der Waals surface area contributed by atoms with Gasteiger partial charge in [-0.15, -0.1) is 0 Å². The van der Waals surface area contributed by atoms with Crippen LogP contribution in [0.4, 0.5) is 0 Å². The van der Waals surface area contributed by atoms with Crippen LogP contribution in [-0.4, -0.2) is 32.6 Å². The van der Waals surface area contributed by atoms with E-state index in [4.69, 9.17) is 4.74 Å². The van der Waals surface area contributed by atoms with Crippen molar-refractivity contribution in [3.8, 4) is 0 Å². The first-order chi connectivity index (χ1) is 7.41. The second-order valence-corrected chi connectivity index (χ2v) is 7.79. The van der Waals surface area contributed by atoms with Crippen LogP contribution in [0.25, 0.3) is 0 Å². The molecule has 17 heavy (non-hydrogen) atoms. The maximum absolute atomic E-state index is 11.7. The Hall–Kier alpha value is -0.815. The van der Waals surface area contributed by atoms with Crippen molar-refractivity contribution in [1.29, 1.82) is 0 Å². The molecule has 1 unspecified atom stereocenters. The van der Waals surface area contributed by atoms with Crippen molar-refractivity contribution >= 4 is 22.3 Å². The fraction of sp³-hybridized carbons (Fsp3) is 0.462. The average Bonchev–Trinajstić information content (AvgIpc) is 2.25. The lowest BCUT2D eigenvalue weighted by atomic mass is 10.2. The SMILES string of the molecule is CP(COC(=O)c1ccccc1)C(C)(C)C.[B]. The molecule has 3 radical (unpaired) electrons. The molecule has 0 aliphatic carbocycles. The van der Waals surface area contributed by atoms with Crippen LogP contribution >= 0.6 is 7.92 Å². The molecule has 0 fully saturated rings. The highest BCUT2D eigenvalue weighted by atomic mass is 31.1. The van der Waals surface area contributed by atoms with Crippen molar-refractivity contribution in [1.82, 2.24) is 0 Å². The highest BCUT2D eigenvalue weighted by molar-refractivity contribution is 7.58. The Labute approximate surface area is 107 Å². The van der Waals surface area contributed by atoms with Gasteiger partial charge in [-0.05, 0) is 24.0 Å². The quantitative estimate of drug-likeness (QED) is 0.466. The summed E-state index contributed by atoms with van der Waals surface area (Å²) in [5.41, 5.74) is 0.625. The minimum Gasteiger partial charge on any atom is -0.458 e. The first kappa shape index (κ1) is 16.2. The first-order valence-corrected chi connectivity index (χ1v) is 7.32. The Morgan fingerprint density at radius 1 is 1.24 bits per heavy atom. The lowest BCUT2D eigenvalue weighted by Crippen LogP contribution is -2.15. The Morgan fingerprint density at radius 3 is 2.24 bits per heavy atom. The number of hydrogen-bond acceptors (Lipinski definition) is 2. The summed E-state index contributed by atoms with van der Waals surface area (Å²) < 4.78 is 5.31. The molecule has 0 spiro atoms. The largest absolute Gasteiger partial charge is 0.458 e. The van der Waals surface area contributed by atoms with Gasteiger partial charge in [-0.1, -0.05) is 46.9 Å². The molecular weight excluding hydrogens is 230 g/mol. The Bertz CT molecular complexity index is 346. The molecule has 0 amide bonds. The fourth-order valence-corrected chi connectivity index (χ4v) is 1.70. The number of ether oxygens (including phenoxy) is 1. The number of hydrogen-bond donors (Lipinski definition) is 0. The molecule has 1 aromatic rings. The molecule has 1 atom stereocenters. The molecule has 1 aromatic carbocycles. The van der Waals surface area contributed by atoms with E-state index >= 15 is 0 Å².